The normalized spacial score (nSPS) is 10.8. The maximum atomic E-state index is 11.6. The van der Waals surface area contributed by atoms with Gasteiger partial charge in [-0.05, 0) is 82.0 Å². The molecular weight excluding hydrogens is 514 g/mol. The number of ether oxygens (including phenoxy) is 1. The first kappa shape index (κ1) is 23.6. The minimum atomic E-state index is -0.952. The monoisotopic (exact) mass is 537 g/mol. The molecule has 5 heteroatoms. The number of aryl methyl sites for hydroxylation is 1. The first-order valence-electron chi connectivity index (χ1n) is 11.6. The minimum absolute atomic E-state index is 0.245. The minimum Gasteiger partial charge on any atom is -0.488 e. The third-order valence-corrected chi connectivity index (χ3v) is 6.78. The number of carboxylic acid groups (broad SMARTS) is 1. The molecule has 0 bridgehead atoms. The van der Waals surface area contributed by atoms with Crippen LogP contribution in [-0.2, 0) is 6.61 Å². The lowest BCUT2D eigenvalue weighted by molar-refractivity contribution is 0.0697. The summed E-state index contributed by atoms with van der Waals surface area (Å²) in [5.41, 5.74) is 7.26. The van der Waals surface area contributed by atoms with Crippen molar-refractivity contribution < 1.29 is 14.6 Å². The molecule has 0 saturated heterocycles. The molecule has 36 heavy (non-hydrogen) atoms. The molecule has 4 aromatic carbocycles. The molecule has 0 spiro atoms. The Morgan fingerprint density at radius 1 is 0.833 bits per heavy atom. The molecule has 1 N–H and O–H groups in total. The molecule has 0 atom stereocenters. The van der Waals surface area contributed by atoms with E-state index in [1.165, 1.54) is 11.1 Å². The van der Waals surface area contributed by atoms with E-state index >= 15 is 0 Å². The van der Waals surface area contributed by atoms with Crippen molar-refractivity contribution in [3.63, 3.8) is 0 Å². The second kappa shape index (κ2) is 10.3. The first-order valence-corrected chi connectivity index (χ1v) is 12.4. The Kier molecular flexibility index (Phi) is 6.74. The van der Waals surface area contributed by atoms with Crippen molar-refractivity contribution >= 4 is 21.9 Å². The number of hydrogen-bond acceptors (Lipinski definition) is 2. The SMILES string of the molecule is Cc1ccc(-c2c(Br)cccc2OCc2ccc(-c3ccccc3)cc2)n1-c1cccc(C(=O)O)c1. The summed E-state index contributed by atoms with van der Waals surface area (Å²) in [6.07, 6.45) is 0. The van der Waals surface area contributed by atoms with E-state index in [0.717, 1.165) is 38.4 Å². The van der Waals surface area contributed by atoms with Gasteiger partial charge >= 0.3 is 5.97 Å². The van der Waals surface area contributed by atoms with Crippen molar-refractivity contribution in [3.05, 3.63) is 130 Å². The van der Waals surface area contributed by atoms with E-state index in [1.54, 1.807) is 18.2 Å². The molecular formula is C31H24BrNO3. The molecule has 0 fully saturated rings. The second-order valence-electron chi connectivity index (χ2n) is 8.52. The van der Waals surface area contributed by atoms with Crippen LogP contribution in [0.3, 0.4) is 0 Å². The Morgan fingerprint density at radius 2 is 1.56 bits per heavy atom. The molecule has 0 aliphatic heterocycles. The Hall–Kier alpha value is -4.09. The Morgan fingerprint density at radius 3 is 2.31 bits per heavy atom. The molecule has 0 unspecified atom stereocenters. The maximum absolute atomic E-state index is 11.6. The zero-order valence-electron chi connectivity index (χ0n) is 19.7. The standard InChI is InChI=1S/C31H24BrNO3/c1-21-13-18-28(33(21)26-10-5-9-25(19-26)31(34)35)30-27(32)11-6-12-29(30)36-20-22-14-16-24(17-15-22)23-7-3-2-4-8-23/h2-19H,20H2,1H3,(H,34,35). The van der Waals surface area contributed by atoms with Crippen LogP contribution in [0.2, 0.25) is 0 Å². The molecule has 0 aliphatic rings. The van der Waals surface area contributed by atoms with Crippen molar-refractivity contribution in [2.24, 2.45) is 0 Å². The van der Waals surface area contributed by atoms with Crippen LogP contribution in [0.4, 0.5) is 0 Å². The third kappa shape index (κ3) is 4.83. The summed E-state index contributed by atoms with van der Waals surface area (Å²) in [5.74, 6) is -0.211. The summed E-state index contributed by atoms with van der Waals surface area (Å²) in [4.78, 5) is 11.6. The zero-order chi connectivity index (χ0) is 25.1. The van der Waals surface area contributed by atoms with Gasteiger partial charge in [0, 0.05) is 15.9 Å². The van der Waals surface area contributed by atoms with Gasteiger partial charge in [-0.25, -0.2) is 4.79 Å². The highest BCUT2D eigenvalue weighted by molar-refractivity contribution is 9.10. The van der Waals surface area contributed by atoms with Crippen LogP contribution in [0.1, 0.15) is 21.6 Å². The smallest absolute Gasteiger partial charge is 0.335 e. The summed E-state index contributed by atoms with van der Waals surface area (Å²) in [5, 5.41) is 9.47. The van der Waals surface area contributed by atoms with Gasteiger partial charge in [0.2, 0.25) is 0 Å². The van der Waals surface area contributed by atoms with Gasteiger partial charge in [0.05, 0.1) is 16.8 Å². The van der Waals surface area contributed by atoms with Gasteiger partial charge in [0.15, 0.2) is 0 Å². The Labute approximate surface area is 218 Å². The maximum Gasteiger partial charge on any atom is 0.335 e. The van der Waals surface area contributed by atoms with Crippen LogP contribution < -0.4 is 4.74 Å². The van der Waals surface area contributed by atoms with Crippen molar-refractivity contribution in [1.29, 1.82) is 0 Å². The molecule has 5 aromatic rings. The largest absolute Gasteiger partial charge is 0.488 e. The van der Waals surface area contributed by atoms with Gasteiger partial charge in [-0.3, -0.25) is 0 Å². The number of carboxylic acids is 1. The average Bonchev–Trinajstić information content (AvgIpc) is 3.29. The van der Waals surface area contributed by atoms with Crippen molar-refractivity contribution in [3.8, 4) is 33.8 Å². The van der Waals surface area contributed by atoms with Gasteiger partial charge in [-0.2, -0.15) is 0 Å². The zero-order valence-corrected chi connectivity index (χ0v) is 21.3. The van der Waals surface area contributed by atoms with E-state index < -0.39 is 5.97 Å². The molecule has 0 amide bonds. The average molecular weight is 538 g/mol. The van der Waals surface area contributed by atoms with E-state index in [2.05, 4.69) is 52.3 Å². The molecule has 1 heterocycles. The summed E-state index contributed by atoms with van der Waals surface area (Å²) < 4.78 is 9.27. The van der Waals surface area contributed by atoms with Gasteiger partial charge in [0.1, 0.15) is 12.4 Å². The molecule has 178 valence electrons. The highest BCUT2D eigenvalue weighted by atomic mass is 79.9. The predicted octanol–water partition coefficient (Wildman–Crippen LogP) is 8.16. The number of aromatic carboxylic acids is 1. The van der Waals surface area contributed by atoms with E-state index in [1.807, 2.05) is 66.1 Å². The summed E-state index contributed by atoms with van der Waals surface area (Å²) in [6.45, 7) is 2.43. The van der Waals surface area contributed by atoms with Gasteiger partial charge < -0.3 is 14.4 Å². The first-order chi connectivity index (χ1) is 17.5. The fourth-order valence-electron chi connectivity index (χ4n) is 4.31. The lowest BCUT2D eigenvalue weighted by Crippen LogP contribution is -2.04. The number of rotatable bonds is 7. The van der Waals surface area contributed by atoms with E-state index in [4.69, 9.17) is 4.74 Å². The topological polar surface area (TPSA) is 51.5 Å². The van der Waals surface area contributed by atoms with Crippen molar-refractivity contribution in [2.45, 2.75) is 13.5 Å². The Balaban J connectivity index is 1.46. The molecule has 1 aromatic heterocycles. The molecule has 0 aliphatic carbocycles. The highest BCUT2D eigenvalue weighted by Gasteiger charge is 2.18. The predicted molar refractivity (Wildman–Crippen MR) is 147 cm³/mol. The van der Waals surface area contributed by atoms with Gasteiger partial charge in [-0.15, -0.1) is 0 Å². The second-order valence-corrected chi connectivity index (χ2v) is 9.37. The summed E-state index contributed by atoms with van der Waals surface area (Å²) >= 11 is 3.71. The van der Waals surface area contributed by atoms with Crippen molar-refractivity contribution in [2.75, 3.05) is 0 Å². The molecule has 0 saturated carbocycles. The van der Waals surface area contributed by atoms with Crippen LogP contribution in [0.5, 0.6) is 5.75 Å². The van der Waals surface area contributed by atoms with Crippen LogP contribution in [-0.4, -0.2) is 15.6 Å². The summed E-state index contributed by atoms with van der Waals surface area (Å²) in [7, 11) is 0. The fourth-order valence-corrected chi connectivity index (χ4v) is 4.86. The van der Waals surface area contributed by atoms with E-state index in [9.17, 15) is 9.90 Å². The quantitative estimate of drug-likeness (QED) is 0.228. The Bertz CT molecular complexity index is 1520. The van der Waals surface area contributed by atoms with Crippen molar-refractivity contribution in [1.82, 2.24) is 4.57 Å². The van der Waals surface area contributed by atoms with E-state index in [-0.39, 0.29) is 5.56 Å². The number of benzene rings is 4. The fraction of sp³-hybridized carbons (Fsp3) is 0.0645. The van der Waals surface area contributed by atoms with Gasteiger partial charge in [-0.1, -0.05) is 66.7 Å². The lowest BCUT2D eigenvalue weighted by atomic mass is 10.0. The summed E-state index contributed by atoms with van der Waals surface area (Å²) in [6, 6.07) is 35.6. The van der Waals surface area contributed by atoms with Gasteiger partial charge in [0.25, 0.3) is 0 Å². The lowest BCUT2D eigenvalue weighted by Gasteiger charge is -2.17. The number of nitrogens with zero attached hydrogens (tertiary/aromatic N) is 1. The van der Waals surface area contributed by atoms with Crippen LogP contribution >= 0.6 is 15.9 Å². The van der Waals surface area contributed by atoms with Crippen LogP contribution in [0, 0.1) is 6.92 Å². The number of halogens is 1. The highest BCUT2D eigenvalue weighted by Crippen LogP contribution is 2.39. The van der Waals surface area contributed by atoms with Crippen LogP contribution in [0.15, 0.2) is 114 Å². The molecule has 5 rings (SSSR count). The number of carbonyl (C=O) groups is 1. The third-order valence-electron chi connectivity index (χ3n) is 6.11. The van der Waals surface area contributed by atoms with Crippen LogP contribution in [0.25, 0.3) is 28.1 Å². The van der Waals surface area contributed by atoms with E-state index in [0.29, 0.717) is 6.61 Å². The number of aromatic nitrogens is 1. The molecule has 0 radical (unpaired) electrons. The molecule has 4 nitrogen and oxygen atoms in total. The number of hydrogen-bond donors (Lipinski definition) is 1.